The predicted octanol–water partition coefficient (Wildman–Crippen LogP) is 5.35. The van der Waals surface area contributed by atoms with Gasteiger partial charge in [-0.1, -0.05) is 18.2 Å². The quantitative estimate of drug-likeness (QED) is 0.440. The Morgan fingerprint density at radius 3 is 2.36 bits per heavy atom. The summed E-state index contributed by atoms with van der Waals surface area (Å²) in [5, 5.41) is 8.62. The average molecular weight is 389 g/mol. The zero-order chi connectivity index (χ0) is 19.7. The Hall–Kier alpha value is -3.38. The van der Waals surface area contributed by atoms with Crippen molar-refractivity contribution < 1.29 is 9.59 Å². The zero-order valence-electron chi connectivity index (χ0n) is 15.5. The Balaban J connectivity index is 1.52. The van der Waals surface area contributed by atoms with E-state index in [1.54, 1.807) is 30.3 Å². The zero-order valence-corrected chi connectivity index (χ0v) is 16.3. The van der Waals surface area contributed by atoms with E-state index in [1.807, 2.05) is 37.4 Å². The number of aromatic amines is 1. The highest BCUT2D eigenvalue weighted by atomic mass is 32.1. The molecule has 0 atom stereocenters. The molecule has 0 unspecified atom stereocenters. The maximum Gasteiger partial charge on any atom is 0.272 e. The maximum absolute atomic E-state index is 12.7. The van der Waals surface area contributed by atoms with Gasteiger partial charge in [-0.15, -0.1) is 11.3 Å². The van der Waals surface area contributed by atoms with Crippen LogP contribution >= 0.6 is 11.3 Å². The van der Waals surface area contributed by atoms with Gasteiger partial charge in [0, 0.05) is 22.3 Å². The molecule has 140 valence electrons. The number of carbonyl (C=O) groups is 2. The first-order valence-electron chi connectivity index (χ1n) is 8.86. The van der Waals surface area contributed by atoms with Crippen LogP contribution < -0.4 is 10.6 Å². The van der Waals surface area contributed by atoms with Crippen LogP contribution in [0.5, 0.6) is 0 Å². The molecule has 0 aliphatic carbocycles. The summed E-state index contributed by atoms with van der Waals surface area (Å²) in [5.41, 5.74) is 4.95. The minimum atomic E-state index is -0.227. The molecule has 0 saturated carbocycles. The Morgan fingerprint density at radius 1 is 0.893 bits per heavy atom. The SMILES string of the molecule is Cc1cc(C)c2cc(C(=O)Nc3cccc(NC(=O)c4cccs4)c3)[nH]c2c1. The summed E-state index contributed by atoms with van der Waals surface area (Å²) in [6.45, 7) is 4.06. The van der Waals surface area contributed by atoms with E-state index in [0.717, 1.165) is 22.0 Å². The summed E-state index contributed by atoms with van der Waals surface area (Å²) < 4.78 is 0. The number of anilines is 2. The van der Waals surface area contributed by atoms with Gasteiger partial charge in [-0.25, -0.2) is 0 Å². The van der Waals surface area contributed by atoms with Crippen molar-refractivity contribution in [2.45, 2.75) is 13.8 Å². The summed E-state index contributed by atoms with van der Waals surface area (Å²) in [6.07, 6.45) is 0. The molecular weight excluding hydrogens is 370 g/mol. The number of benzene rings is 2. The number of H-pyrrole nitrogens is 1. The van der Waals surface area contributed by atoms with Crippen molar-refractivity contribution in [2.24, 2.45) is 0 Å². The van der Waals surface area contributed by atoms with Crippen LogP contribution in [0.15, 0.2) is 60.0 Å². The molecule has 0 aliphatic heterocycles. The first kappa shape index (κ1) is 18.0. The molecule has 0 saturated heterocycles. The molecule has 0 radical (unpaired) electrons. The van der Waals surface area contributed by atoms with Crippen LogP contribution in [-0.2, 0) is 0 Å². The van der Waals surface area contributed by atoms with Gasteiger partial charge in [-0.2, -0.15) is 0 Å². The van der Waals surface area contributed by atoms with E-state index in [9.17, 15) is 9.59 Å². The first-order chi connectivity index (χ1) is 13.5. The molecule has 0 bridgehead atoms. The number of thiophene rings is 1. The van der Waals surface area contributed by atoms with Gasteiger partial charge in [0.05, 0.1) is 4.88 Å². The highest BCUT2D eigenvalue weighted by molar-refractivity contribution is 7.12. The molecule has 28 heavy (non-hydrogen) atoms. The van der Waals surface area contributed by atoms with Crippen LogP contribution in [0.4, 0.5) is 11.4 Å². The molecule has 3 N–H and O–H groups in total. The monoisotopic (exact) mass is 389 g/mol. The molecule has 6 heteroatoms. The second-order valence-corrected chi connectivity index (χ2v) is 7.64. The van der Waals surface area contributed by atoms with Crippen LogP contribution in [0.1, 0.15) is 31.3 Å². The summed E-state index contributed by atoms with van der Waals surface area (Å²) in [7, 11) is 0. The van der Waals surface area contributed by atoms with Crippen LogP contribution in [0.25, 0.3) is 10.9 Å². The minimum Gasteiger partial charge on any atom is -0.351 e. The number of nitrogens with one attached hydrogen (secondary N) is 3. The number of amides is 2. The van der Waals surface area contributed by atoms with Crippen LogP contribution in [-0.4, -0.2) is 16.8 Å². The van der Waals surface area contributed by atoms with E-state index in [0.29, 0.717) is 21.9 Å². The number of hydrogen-bond acceptors (Lipinski definition) is 3. The van der Waals surface area contributed by atoms with Crippen LogP contribution in [0, 0.1) is 13.8 Å². The number of fused-ring (bicyclic) bond motifs is 1. The van der Waals surface area contributed by atoms with Crippen LogP contribution in [0.3, 0.4) is 0 Å². The molecule has 2 aromatic carbocycles. The Labute approximate surface area is 166 Å². The molecule has 0 aliphatic rings. The molecular formula is C22H19N3O2S. The molecule has 4 aromatic rings. The predicted molar refractivity (Wildman–Crippen MR) is 114 cm³/mol. The Kier molecular flexibility index (Phi) is 4.71. The second kappa shape index (κ2) is 7.32. The highest BCUT2D eigenvalue weighted by Crippen LogP contribution is 2.23. The first-order valence-corrected chi connectivity index (χ1v) is 9.74. The third kappa shape index (κ3) is 3.68. The molecule has 0 spiro atoms. The molecule has 2 aromatic heterocycles. The number of carbonyl (C=O) groups excluding carboxylic acids is 2. The van der Waals surface area contributed by atoms with Gasteiger partial charge in [-0.05, 0) is 66.8 Å². The van der Waals surface area contributed by atoms with E-state index < -0.39 is 0 Å². The van der Waals surface area contributed by atoms with Crippen molar-refractivity contribution in [3.63, 3.8) is 0 Å². The largest absolute Gasteiger partial charge is 0.351 e. The lowest BCUT2D eigenvalue weighted by atomic mass is 10.1. The van der Waals surface area contributed by atoms with Gasteiger partial charge in [0.25, 0.3) is 11.8 Å². The minimum absolute atomic E-state index is 0.167. The molecule has 5 nitrogen and oxygen atoms in total. The fraction of sp³-hybridized carbons (Fsp3) is 0.0909. The van der Waals surface area contributed by atoms with E-state index in [-0.39, 0.29) is 11.8 Å². The molecule has 2 heterocycles. The number of aryl methyl sites for hydroxylation is 2. The summed E-state index contributed by atoms with van der Waals surface area (Å²) in [6, 6.07) is 16.7. The molecule has 0 fully saturated rings. The van der Waals surface area contributed by atoms with Crippen molar-refractivity contribution in [3.8, 4) is 0 Å². The standard InChI is InChI=1S/C22H19N3O2S/c1-13-9-14(2)17-12-19(25-18(17)10-13)21(26)23-15-5-3-6-16(11-15)24-22(27)20-7-4-8-28-20/h3-12,25H,1-2H3,(H,23,26)(H,24,27). The van der Waals surface area contributed by atoms with Gasteiger partial charge in [0.2, 0.25) is 0 Å². The lowest BCUT2D eigenvalue weighted by Crippen LogP contribution is -2.13. The fourth-order valence-corrected chi connectivity index (χ4v) is 3.81. The average Bonchev–Trinajstić information content (AvgIpc) is 3.32. The van der Waals surface area contributed by atoms with Gasteiger partial charge < -0.3 is 15.6 Å². The number of hydrogen-bond donors (Lipinski definition) is 3. The second-order valence-electron chi connectivity index (χ2n) is 6.69. The van der Waals surface area contributed by atoms with Crippen molar-refractivity contribution >= 4 is 45.4 Å². The van der Waals surface area contributed by atoms with Crippen molar-refractivity contribution in [1.29, 1.82) is 0 Å². The Bertz CT molecular complexity index is 1180. The number of rotatable bonds is 4. The lowest BCUT2D eigenvalue weighted by molar-refractivity contribution is 0.101. The molecule has 4 rings (SSSR count). The fourth-order valence-electron chi connectivity index (χ4n) is 3.20. The van der Waals surface area contributed by atoms with Crippen LogP contribution in [0.2, 0.25) is 0 Å². The van der Waals surface area contributed by atoms with Crippen molar-refractivity contribution in [1.82, 2.24) is 4.98 Å². The summed E-state index contributed by atoms with van der Waals surface area (Å²) in [5.74, 6) is -0.394. The third-order valence-corrected chi connectivity index (χ3v) is 5.33. The van der Waals surface area contributed by atoms with Gasteiger partial charge in [0.15, 0.2) is 0 Å². The normalized spacial score (nSPS) is 10.8. The lowest BCUT2D eigenvalue weighted by Gasteiger charge is -2.08. The van der Waals surface area contributed by atoms with Crippen molar-refractivity contribution in [2.75, 3.05) is 10.6 Å². The van der Waals surface area contributed by atoms with E-state index >= 15 is 0 Å². The Morgan fingerprint density at radius 2 is 1.64 bits per heavy atom. The summed E-state index contributed by atoms with van der Waals surface area (Å²) in [4.78, 5) is 28.7. The number of aromatic nitrogens is 1. The van der Waals surface area contributed by atoms with Gasteiger partial charge in [0.1, 0.15) is 5.69 Å². The van der Waals surface area contributed by atoms with Crippen molar-refractivity contribution in [3.05, 3.63) is 81.7 Å². The molecule has 2 amide bonds. The maximum atomic E-state index is 12.7. The van der Waals surface area contributed by atoms with Gasteiger partial charge >= 0.3 is 0 Å². The highest BCUT2D eigenvalue weighted by Gasteiger charge is 2.12. The van der Waals surface area contributed by atoms with Gasteiger partial charge in [-0.3, -0.25) is 9.59 Å². The summed E-state index contributed by atoms with van der Waals surface area (Å²) >= 11 is 1.38. The van der Waals surface area contributed by atoms with E-state index in [1.165, 1.54) is 11.3 Å². The van der Waals surface area contributed by atoms with E-state index in [2.05, 4.69) is 21.7 Å². The topological polar surface area (TPSA) is 74.0 Å². The third-order valence-electron chi connectivity index (χ3n) is 4.46. The van der Waals surface area contributed by atoms with E-state index in [4.69, 9.17) is 0 Å². The smallest absolute Gasteiger partial charge is 0.272 e.